The van der Waals surface area contributed by atoms with E-state index in [2.05, 4.69) is 31.8 Å². The first-order valence-electron chi connectivity index (χ1n) is 6.66. The Morgan fingerprint density at radius 2 is 1.91 bits per heavy atom. The Balaban J connectivity index is 1.89. The van der Waals surface area contributed by atoms with Crippen LogP contribution in [0, 0.1) is 5.82 Å². The molecule has 0 saturated carbocycles. The molecule has 2 rings (SSSR count). The van der Waals surface area contributed by atoms with Crippen molar-refractivity contribution in [1.29, 1.82) is 0 Å². The maximum Gasteiger partial charge on any atom is 0.262 e. The van der Waals surface area contributed by atoms with Crippen LogP contribution >= 0.6 is 15.9 Å². The second kappa shape index (κ2) is 7.70. The van der Waals surface area contributed by atoms with Gasteiger partial charge in [0.25, 0.3) is 5.91 Å². The van der Waals surface area contributed by atoms with Gasteiger partial charge in [-0.2, -0.15) is 5.10 Å². The lowest BCUT2D eigenvalue weighted by atomic mass is 10.2. The van der Waals surface area contributed by atoms with Crippen molar-refractivity contribution in [2.24, 2.45) is 5.10 Å². The van der Waals surface area contributed by atoms with Crippen LogP contribution in [0.3, 0.4) is 0 Å². The van der Waals surface area contributed by atoms with E-state index in [1.54, 1.807) is 25.1 Å². The molecule has 2 aromatic carbocycles. The van der Waals surface area contributed by atoms with Crippen molar-refractivity contribution in [1.82, 2.24) is 5.43 Å². The maximum atomic E-state index is 13.4. The number of rotatable bonds is 5. The Kier molecular flexibility index (Phi) is 5.66. The monoisotopic (exact) mass is 363 g/mol. The quantitative estimate of drug-likeness (QED) is 0.630. The SMILES string of the molecule is CC(Nc1ccc(Br)cc1)C(=O)N/N=C/c1ccccc1F. The van der Waals surface area contributed by atoms with Gasteiger partial charge in [-0.25, -0.2) is 9.82 Å². The highest BCUT2D eigenvalue weighted by Gasteiger charge is 2.11. The number of nitrogens with zero attached hydrogens (tertiary/aromatic N) is 1. The Morgan fingerprint density at radius 3 is 2.59 bits per heavy atom. The fraction of sp³-hybridized carbons (Fsp3) is 0.125. The van der Waals surface area contributed by atoms with E-state index in [0.717, 1.165) is 10.2 Å². The molecule has 0 aliphatic rings. The molecule has 0 saturated heterocycles. The molecule has 0 fully saturated rings. The van der Waals surface area contributed by atoms with Gasteiger partial charge in [0, 0.05) is 15.7 Å². The first kappa shape index (κ1) is 16.2. The van der Waals surface area contributed by atoms with Gasteiger partial charge < -0.3 is 5.32 Å². The van der Waals surface area contributed by atoms with Crippen LogP contribution in [0.4, 0.5) is 10.1 Å². The van der Waals surface area contributed by atoms with Crippen molar-refractivity contribution in [2.45, 2.75) is 13.0 Å². The summed E-state index contributed by atoms with van der Waals surface area (Å²) in [6, 6.07) is 13.2. The third kappa shape index (κ3) is 4.66. The minimum absolute atomic E-state index is 0.310. The minimum atomic E-state index is -0.473. The first-order chi connectivity index (χ1) is 10.6. The smallest absolute Gasteiger partial charge is 0.262 e. The van der Waals surface area contributed by atoms with E-state index in [0.29, 0.717) is 5.56 Å². The minimum Gasteiger partial charge on any atom is -0.374 e. The summed E-state index contributed by atoms with van der Waals surface area (Å²) >= 11 is 3.35. The lowest BCUT2D eigenvalue weighted by Crippen LogP contribution is -2.34. The van der Waals surface area contributed by atoms with Crippen LogP contribution in [0.1, 0.15) is 12.5 Å². The summed E-state index contributed by atoms with van der Waals surface area (Å²) in [5.41, 5.74) is 3.52. The van der Waals surface area contributed by atoms with Crippen LogP contribution in [-0.4, -0.2) is 18.2 Å². The zero-order valence-corrected chi connectivity index (χ0v) is 13.5. The lowest BCUT2D eigenvalue weighted by molar-refractivity contribution is -0.121. The Morgan fingerprint density at radius 1 is 1.23 bits per heavy atom. The van der Waals surface area contributed by atoms with Gasteiger partial charge >= 0.3 is 0 Å². The molecule has 6 heteroatoms. The molecular formula is C16H15BrFN3O. The van der Waals surface area contributed by atoms with Crippen molar-refractivity contribution in [3.8, 4) is 0 Å². The first-order valence-corrected chi connectivity index (χ1v) is 7.45. The predicted octanol–water partition coefficient (Wildman–Crippen LogP) is 3.54. The third-order valence-corrected chi connectivity index (χ3v) is 3.43. The van der Waals surface area contributed by atoms with E-state index in [4.69, 9.17) is 0 Å². The number of amides is 1. The van der Waals surface area contributed by atoms with Crippen LogP contribution in [0.5, 0.6) is 0 Å². The van der Waals surface area contributed by atoms with Crippen LogP contribution in [0.2, 0.25) is 0 Å². The number of benzene rings is 2. The molecule has 22 heavy (non-hydrogen) atoms. The molecule has 1 atom stereocenters. The van der Waals surface area contributed by atoms with Gasteiger partial charge in [0.2, 0.25) is 0 Å². The van der Waals surface area contributed by atoms with E-state index in [9.17, 15) is 9.18 Å². The summed E-state index contributed by atoms with van der Waals surface area (Å²) in [5, 5.41) is 6.82. The van der Waals surface area contributed by atoms with Crippen molar-refractivity contribution in [3.05, 3.63) is 64.4 Å². The standard InChI is InChI=1S/C16H15BrFN3O/c1-11(20-14-8-6-13(17)7-9-14)16(22)21-19-10-12-4-2-3-5-15(12)18/h2-11,20H,1H3,(H,21,22)/b19-10+. The number of halogens is 2. The van der Waals surface area contributed by atoms with Gasteiger partial charge in [0.05, 0.1) is 6.21 Å². The maximum absolute atomic E-state index is 13.4. The molecule has 0 spiro atoms. The summed E-state index contributed by atoms with van der Waals surface area (Å²) in [6.45, 7) is 1.72. The molecule has 1 amide bonds. The number of hydrogen-bond donors (Lipinski definition) is 2. The summed E-state index contributed by atoms with van der Waals surface area (Å²) in [7, 11) is 0. The highest BCUT2D eigenvalue weighted by molar-refractivity contribution is 9.10. The molecule has 0 aromatic heterocycles. The van der Waals surface area contributed by atoms with Crippen molar-refractivity contribution >= 4 is 33.7 Å². The van der Waals surface area contributed by atoms with Crippen molar-refractivity contribution < 1.29 is 9.18 Å². The predicted molar refractivity (Wildman–Crippen MR) is 89.4 cm³/mol. The fourth-order valence-corrected chi connectivity index (χ4v) is 1.97. The number of carbonyl (C=O) groups excluding carboxylic acids is 1. The summed E-state index contributed by atoms with van der Waals surface area (Å²) < 4.78 is 14.3. The van der Waals surface area contributed by atoms with Gasteiger partial charge in [-0.3, -0.25) is 4.79 Å². The Labute approximate surface area is 136 Å². The molecule has 4 nitrogen and oxygen atoms in total. The molecule has 2 aromatic rings. The van der Waals surface area contributed by atoms with E-state index in [1.165, 1.54) is 12.3 Å². The molecule has 1 unspecified atom stereocenters. The van der Waals surface area contributed by atoms with Gasteiger partial charge in [0.15, 0.2) is 0 Å². The summed E-state index contributed by atoms with van der Waals surface area (Å²) in [5.74, 6) is -0.697. The van der Waals surface area contributed by atoms with Gasteiger partial charge in [-0.15, -0.1) is 0 Å². The summed E-state index contributed by atoms with van der Waals surface area (Å²) in [4.78, 5) is 11.9. The van der Waals surface area contributed by atoms with Crippen molar-refractivity contribution in [2.75, 3.05) is 5.32 Å². The van der Waals surface area contributed by atoms with E-state index in [-0.39, 0.29) is 11.7 Å². The highest BCUT2D eigenvalue weighted by Crippen LogP contribution is 2.14. The molecule has 114 valence electrons. The van der Waals surface area contributed by atoms with Gasteiger partial charge in [-0.1, -0.05) is 34.1 Å². The summed E-state index contributed by atoms with van der Waals surface area (Å²) in [6.07, 6.45) is 1.28. The topological polar surface area (TPSA) is 53.5 Å². The van der Waals surface area contributed by atoms with Crippen LogP contribution in [0.25, 0.3) is 0 Å². The Hall–Kier alpha value is -2.21. The molecule has 0 heterocycles. The average molecular weight is 364 g/mol. The normalized spacial score (nSPS) is 12.1. The number of carbonyl (C=O) groups is 1. The number of hydrogen-bond acceptors (Lipinski definition) is 3. The molecule has 2 N–H and O–H groups in total. The molecule has 0 aliphatic carbocycles. The second-order valence-corrected chi connectivity index (χ2v) is 5.54. The Bertz CT molecular complexity index is 673. The zero-order valence-electron chi connectivity index (χ0n) is 11.9. The average Bonchev–Trinajstić information content (AvgIpc) is 2.51. The van der Waals surface area contributed by atoms with E-state index < -0.39 is 6.04 Å². The van der Waals surface area contributed by atoms with Crippen molar-refractivity contribution in [3.63, 3.8) is 0 Å². The van der Waals surface area contributed by atoms with Crippen LogP contribution < -0.4 is 10.7 Å². The molecular weight excluding hydrogens is 349 g/mol. The van der Waals surface area contributed by atoms with E-state index >= 15 is 0 Å². The molecule has 0 radical (unpaired) electrons. The zero-order chi connectivity index (χ0) is 15.9. The number of nitrogens with one attached hydrogen (secondary N) is 2. The number of anilines is 1. The highest BCUT2D eigenvalue weighted by atomic mass is 79.9. The van der Waals surface area contributed by atoms with Gasteiger partial charge in [0.1, 0.15) is 11.9 Å². The van der Waals surface area contributed by atoms with Crippen LogP contribution in [0.15, 0.2) is 58.1 Å². The van der Waals surface area contributed by atoms with E-state index in [1.807, 2.05) is 24.3 Å². The molecule has 0 aliphatic heterocycles. The largest absolute Gasteiger partial charge is 0.374 e. The lowest BCUT2D eigenvalue weighted by Gasteiger charge is -2.13. The third-order valence-electron chi connectivity index (χ3n) is 2.90. The van der Waals surface area contributed by atoms with Gasteiger partial charge in [-0.05, 0) is 37.3 Å². The molecule has 0 bridgehead atoms. The number of hydrazone groups is 1. The van der Waals surface area contributed by atoms with Crippen LogP contribution in [-0.2, 0) is 4.79 Å². The fourth-order valence-electron chi connectivity index (χ4n) is 1.70. The second-order valence-electron chi connectivity index (χ2n) is 4.63.